The van der Waals surface area contributed by atoms with Crippen LogP contribution in [0.25, 0.3) is 21.8 Å². The second-order valence-corrected chi connectivity index (χ2v) is 14.2. The van der Waals surface area contributed by atoms with Crippen molar-refractivity contribution in [3.63, 3.8) is 0 Å². The highest BCUT2D eigenvalue weighted by Gasteiger charge is 2.31. The lowest BCUT2D eigenvalue weighted by atomic mass is 9.95. The van der Waals surface area contributed by atoms with E-state index >= 15 is 0 Å². The maximum atomic E-state index is 13.3. The van der Waals surface area contributed by atoms with Crippen molar-refractivity contribution in [2.45, 2.75) is 105 Å². The Balaban J connectivity index is 1.79. The van der Waals surface area contributed by atoms with E-state index in [-0.39, 0.29) is 23.6 Å². The van der Waals surface area contributed by atoms with E-state index < -0.39 is 5.60 Å². The van der Waals surface area contributed by atoms with E-state index in [0.717, 1.165) is 53.0 Å². The average molecular weight is 654 g/mol. The first-order chi connectivity index (χ1) is 22.0. The van der Waals surface area contributed by atoms with Crippen LogP contribution in [0.1, 0.15) is 113 Å². The number of ether oxygens (including phenoxy) is 3. The third kappa shape index (κ3) is 8.63. The van der Waals surface area contributed by atoms with E-state index in [9.17, 15) is 9.59 Å². The molecule has 1 N–H and O–H groups in total. The van der Waals surface area contributed by atoms with E-state index in [4.69, 9.17) is 18.7 Å². The number of nitrogens with one attached hydrogen (secondary N) is 1. The monoisotopic (exact) mass is 653 g/mol. The van der Waals surface area contributed by atoms with Crippen LogP contribution in [-0.2, 0) is 17.6 Å². The zero-order valence-corrected chi connectivity index (χ0v) is 29.7. The molecule has 2 amide bonds. The summed E-state index contributed by atoms with van der Waals surface area (Å²) in [5, 5.41) is 7.24. The number of aromatic nitrogens is 1. The molecular weight excluding hydrogens is 602 g/mol. The molecule has 0 bridgehead atoms. The molecule has 1 aliphatic rings. The summed E-state index contributed by atoms with van der Waals surface area (Å²) in [5.74, 6) is 1.85. The molecule has 0 unspecified atom stereocenters. The van der Waals surface area contributed by atoms with Gasteiger partial charge in [-0.25, -0.2) is 4.79 Å². The lowest BCUT2D eigenvalue weighted by Crippen LogP contribution is -2.38. The van der Waals surface area contributed by atoms with Gasteiger partial charge in [-0.15, -0.1) is 11.3 Å². The Morgan fingerprint density at radius 1 is 1.00 bits per heavy atom. The molecule has 0 aliphatic carbocycles. The normalized spacial score (nSPS) is 13.4. The zero-order chi connectivity index (χ0) is 33.4. The molecule has 0 saturated heterocycles. The van der Waals surface area contributed by atoms with Crippen LogP contribution >= 0.6 is 11.3 Å². The van der Waals surface area contributed by atoms with Gasteiger partial charge in [-0.05, 0) is 82.6 Å². The molecule has 1 aliphatic heterocycles. The minimum atomic E-state index is -0.546. The lowest BCUT2D eigenvalue weighted by molar-refractivity contribution is 0.0258. The van der Waals surface area contributed by atoms with Gasteiger partial charge in [0.25, 0.3) is 5.91 Å². The molecule has 9 nitrogen and oxygen atoms in total. The van der Waals surface area contributed by atoms with Crippen molar-refractivity contribution < 1.29 is 28.3 Å². The first-order valence-electron chi connectivity index (χ1n) is 16.8. The molecule has 1 aromatic carbocycles. The Morgan fingerprint density at radius 3 is 2.30 bits per heavy atom. The minimum Gasteiger partial charge on any atom is -0.493 e. The summed E-state index contributed by atoms with van der Waals surface area (Å²) in [6.45, 7) is 18.9. The number of amides is 2. The van der Waals surface area contributed by atoms with Crippen LogP contribution in [0.5, 0.6) is 11.5 Å². The van der Waals surface area contributed by atoms with Gasteiger partial charge < -0.3 is 29.0 Å². The Kier molecular flexibility index (Phi) is 12.2. The molecule has 3 aromatic rings. The van der Waals surface area contributed by atoms with Gasteiger partial charge in [0, 0.05) is 35.5 Å². The summed E-state index contributed by atoms with van der Waals surface area (Å²) >= 11 is 1.62. The SMILES string of the molecule is CCCCOc1cc(OCCCC)c(C(C)C)cc1-c1onc(C(=O)NCC)c1-c1cc2c(s1)CCN(C(=O)OC(C)(C)C)CC2. The van der Waals surface area contributed by atoms with Gasteiger partial charge in [0.05, 0.1) is 24.3 Å². The van der Waals surface area contributed by atoms with Crippen LogP contribution in [0, 0.1) is 0 Å². The number of nitrogens with zero attached hydrogens (tertiary/aromatic N) is 2. The number of unbranched alkanes of at least 4 members (excludes halogenated alkanes) is 2. The second kappa shape index (κ2) is 15.8. The van der Waals surface area contributed by atoms with Crippen LogP contribution in [0.3, 0.4) is 0 Å². The van der Waals surface area contributed by atoms with Gasteiger partial charge in [0.1, 0.15) is 17.1 Å². The molecule has 46 heavy (non-hydrogen) atoms. The van der Waals surface area contributed by atoms with E-state index in [1.54, 1.807) is 16.2 Å². The van der Waals surface area contributed by atoms with Crippen LogP contribution in [0.4, 0.5) is 4.79 Å². The van der Waals surface area contributed by atoms with Gasteiger partial charge in [0.2, 0.25) is 0 Å². The summed E-state index contributed by atoms with van der Waals surface area (Å²) in [6, 6.07) is 6.18. The fraction of sp³-hybridized carbons (Fsp3) is 0.583. The molecule has 4 rings (SSSR count). The maximum absolute atomic E-state index is 13.3. The molecule has 0 saturated carbocycles. The van der Waals surface area contributed by atoms with E-state index in [1.165, 1.54) is 4.88 Å². The summed E-state index contributed by atoms with van der Waals surface area (Å²) in [6.07, 6.45) is 5.01. The van der Waals surface area contributed by atoms with Crippen LogP contribution in [0.2, 0.25) is 0 Å². The average Bonchev–Trinajstić information content (AvgIpc) is 3.55. The summed E-state index contributed by atoms with van der Waals surface area (Å²) in [4.78, 5) is 30.0. The number of thiophene rings is 1. The van der Waals surface area contributed by atoms with Crippen LogP contribution < -0.4 is 14.8 Å². The zero-order valence-electron chi connectivity index (χ0n) is 28.8. The van der Waals surface area contributed by atoms with Crippen molar-refractivity contribution in [2.75, 3.05) is 32.8 Å². The fourth-order valence-electron chi connectivity index (χ4n) is 5.33. The highest BCUT2D eigenvalue weighted by Crippen LogP contribution is 2.46. The van der Waals surface area contributed by atoms with Gasteiger partial charge in [-0.3, -0.25) is 4.79 Å². The van der Waals surface area contributed by atoms with E-state index in [1.807, 2.05) is 33.8 Å². The Morgan fingerprint density at radius 2 is 1.67 bits per heavy atom. The Labute approximate surface area is 278 Å². The maximum Gasteiger partial charge on any atom is 0.410 e. The first kappa shape index (κ1) is 35.3. The van der Waals surface area contributed by atoms with Crippen LogP contribution in [-0.4, -0.2) is 60.5 Å². The topological polar surface area (TPSA) is 103 Å². The molecule has 0 spiro atoms. The Bertz CT molecular complexity index is 1460. The third-order valence-electron chi connectivity index (χ3n) is 7.79. The third-order valence-corrected chi connectivity index (χ3v) is 9.04. The van der Waals surface area contributed by atoms with Gasteiger partial charge in [-0.1, -0.05) is 45.7 Å². The smallest absolute Gasteiger partial charge is 0.410 e. The van der Waals surface area contributed by atoms with Gasteiger partial charge >= 0.3 is 6.09 Å². The van der Waals surface area contributed by atoms with Crippen molar-refractivity contribution in [1.29, 1.82) is 0 Å². The minimum absolute atomic E-state index is 0.181. The van der Waals surface area contributed by atoms with Gasteiger partial charge in [-0.2, -0.15) is 0 Å². The Hall–Kier alpha value is -3.53. The number of carbonyl (C=O) groups is 2. The highest BCUT2D eigenvalue weighted by molar-refractivity contribution is 7.15. The highest BCUT2D eigenvalue weighted by atomic mass is 32.1. The molecule has 0 atom stereocenters. The molecule has 0 fully saturated rings. The largest absolute Gasteiger partial charge is 0.493 e. The molecule has 2 aromatic heterocycles. The van der Waals surface area contributed by atoms with Crippen molar-refractivity contribution >= 4 is 23.3 Å². The first-order valence-corrected chi connectivity index (χ1v) is 17.6. The molecular formula is C36H51N3O6S. The van der Waals surface area contributed by atoms with Crippen LogP contribution in [0.15, 0.2) is 22.7 Å². The van der Waals surface area contributed by atoms with Crippen molar-refractivity contribution in [1.82, 2.24) is 15.4 Å². The van der Waals surface area contributed by atoms with Gasteiger partial charge in [0.15, 0.2) is 11.5 Å². The molecule has 0 radical (unpaired) electrons. The van der Waals surface area contributed by atoms with Crippen molar-refractivity contribution in [3.8, 4) is 33.3 Å². The number of benzene rings is 1. The number of carbonyl (C=O) groups excluding carboxylic acids is 2. The molecule has 10 heteroatoms. The summed E-state index contributed by atoms with van der Waals surface area (Å²) in [5.41, 5.74) is 3.30. The quantitative estimate of drug-likeness (QED) is 0.184. The molecule has 3 heterocycles. The van der Waals surface area contributed by atoms with Crippen molar-refractivity contribution in [2.24, 2.45) is 0 Å². The summed E-state index contributed by atoms with van der Waals surface area (Å²) < 4.78 is 24.3. The lowest BCUT2D eigenvalue weighted by Gasteiger charge is -2.26. The number of hydrogen-bond acceptors (Lipinski definition) is 8. The number of hydrogen-bond donors (Lipinski definition) is 1. The second-order valence-electron chi connectivity index (χ2n) is 13.1. The predicted octanol–water partition coefficient (Wildman–Crippen LogP) is 8.64. The molecule has 252 valence electrons. The predicted molar refractivity (Wildman–Crippen MR) is 183 cm³/mol. The number of rotatable bonds is 13. The standard InChI is InChI=1S/C36H51N3O6S/c1-9-12-18-42-27-22-28(43-19-13-10-2)26(21-25(27)23(4)5)33-31(32(38-45-33)34(40)37-11-3)30-20-24-14-16-39(17-15-29(24)46-30)35(41)44-36(6,7)8/h20-23H,9-19H2,1-8H3,(H,37,40). The van der Waals surface area contributed by atoms with E-state index in [0.29, 0.717) is 62.8 Å². The number of fused-ring (bicyclic) bond motifs is 1. The summed E-state index contributed by atoms with van der Waals surface area (Å²) in [7, 11) is 0. The van der Waals surface area contributed by atoms with Crippen molar-refractivity contribution in [3.05, 3.63) is 39.9 Å². The fourth-order valence-corrected chi connectivity index (χ4v) is 6.57. The van der Waals surface area contributed by atoms with E-state index in [2.05, 4.69) is 50.3 Å².